The third kappa shape index (κ3) is 8.19. The van der Waals surface area contributed by atoms with Crippen molar-refractivity contribution >= 4 is 11.9 Å². The summed E-state index contributed by atoms with van der Waals surface area (Å²) in [5.74, 6) is -21.0. The summed E-state index contributed by atoms with van der Waals surface area (Å²) in [6.07, 6.45) is -6.91. The molecule has 0 radical (unpaired) electrons. The first kappa shape index (κ1) is 44.7. The number of carbonyl (C=O) groups is 2. The predicted molar refractivity (Wildman–Crippen MR) is 218 cm³/mol. The van der Waals surface area contributed by atoms with E-state index in [0.717, 1.165) is 54.6 Å². The third-order valence-electron chi connectivity index (χ3n) is 10.6. The van der Waals surface area contributed by atoms with Crippen LogP contribution >= 0.6 is 0 Å². The molecule has 1 unspecified atom stereocenters. The molecule has 0 saturated carbocycles. The van der Waals surface area contributed by atoms with Gasteiger partial charge in [-0.2, -0.15) is 0 Å². The van der Waals surface area contributed by atoms with Gasteiger partial charge in [-0.1, -0.05) is 0 Å². The molecule has 0 aliphatic carbocycles. The van der Waals surface area contributed by atoms with Gasteiger partial charge in [0.25, 0.3) is 0 Å². The monoisotopic (exact) mass is 916 g/mol. The molecule has 7 rings (SSSR count). The first-order chi connectivity index (χ1) is 31.0. The maximum absolute atomic E-state index is 14.0. The molecule has 22 nitrogen and oxygen atoms in total. The Hall–Kier alpha value is -9.34. The Morgan fingerprint density at radius 3 is 1.44 bits per heavy atom. The summed E-state index contributed by atoms with van der Waals surface area (Å²) < 4.78 is 18.0. The van der Waals surface area contributed by atoms with E-state index in [1.165, 1.54) is 0 Å². The fourth-order valence-electron chi connectivity index (χ4n) is 7.50. The summed E-state index contributed by atoms with van der Waals surface area (Å²) in [6.45, 7) is 0. The van der Waals surface area contributed by atoms with Crippen molar-refractivity contribution in [3.8, 4) is 103 Å². The van der Waals surface area contributed by atoms with Crippen LogP contribution in [-0.2, 0) is 22.3 Å². The number of aromatic hydroxyl groups is 17. The van der Waals surface area contributed by atoms with Crippen molar-refractivity contribution in [2.45, 2.75) is 37.1 Å². The number of rotatable bonds is 10. The molecule has 66 heavy (non-hydrogen) atoms. The molecule has 6 aromatic carbocycles. The Morgan fingerprint density at radius 2 is 0.955 bits per heavy atom. The van der Waals surface area contributed by atoms with Crippen molar-refractivity contribution in [1.82, 2.24) is 0 Å². The standard InChI is InChI=1S/C44H36O22/c45-18-9-21(46)19(22(47)10-18)11-33(64-43(62)16-5-29(54)39(60)30(55)6-16)35(14-1-25(50)37(58)26(51)2-14)36-24(49)13-23(48)20-12-34(65-44(63)17-7-31(56)40(61)32(57)8-17)41(66-42(20)36)15-3-27(52)38(59)28(53)4-15/h1-10,13,33-35,41,45-61H,11-12H2/t33?,34-,35-,41-/m1/s1. The Morgan fingerprint density at radius 1 is 0.515 bits per heavy atom. The molecule has 0 amide bonds. The minimum Gasteiger partial charge on any atom is -0.508 e. The summed E-state index contributed by atoms with van der Waals surface area (Å²) >= 11 is 0. The number of esters is 2. The zero-order valence-corrected chi connectivity index (χ0v) is 33.2. The highest BCUT2D eigenvalue weighted by atomic mass is 16.6. The van der Waals surface area contributed by atoms with E-state index in [1.807, 2.05) is 0 Å². The molecule has 0 aromatic heterocycles. The molecule has 1 heterocycles. The lowest BCUT2D eigenvalue weighted by Gasteiger charge is -2.37. The first-order valence-corrected chi connectivity index (χ1v) is 18.9. The van der Waals surface area contributed by atoms with Gasteiger partial charge in [-0.25, -0.2) is 9.59 Å². The molecule has 0 saturated heterocycles. The van der Waals surface area contributed by atoms with Gasteiger partial charge >= 0.3 is 11.9 Å². The molecular formula is C44H36O22. The maximum Gasteiger partial charge on any atom is 0.338 e. The van der Waals surface area contributed by atoms with Crippen LogP contribution in [-0.4, -0.2) is 111 Å². The first-order valence-electron chi connectivity index (χ1n) is 18.9. The van der Waals surface area contributed by atoms with Gasteiger partial charge in [-0.15, -0.1) is 0 Å². The number of hydrogen-bond donors (Lipinski definition) is 17. The number of fused-ring (bicyclic) bond motifs is 1. The highest BCUT2D eigenvalue weighted by Gasteiger charge is 2.43. The lowest BCUT2D eigenvalue weighted by atomic mass is 9.80. The lowest BCUT2D eigenvalue weighted by molar-refractivity contribution is -0.0197. The van der Waals surface area contributed by atoms with E-state index in [9.17, 15) is 96.4 Å². The predicted octanol–water partition coefficient (Wildman–Crippen LogP) is 4.18. The minimum atomic E-state index is -1.99. The normalized spacial score (nSPS) is 15.2. The van der Waals surface area contributed by atoms with Gasteiger partial charge < -0.3 is 101 Å². The SMILES string of the molecule is O=C(OC(Cc1c(O)cc(O)cc1O)[C@@H](c1cc(O)c(O)c(O)c1)c1c(O)cc(O)c2c1O[C@H](c1cc(O)c(O)c(O)c1)[C@H](OC(=O)c1cc(O)c(O)c(O)c1)C2)c1cc(O)c(O)c(O)c1. The highest BCUT2D eigenvalue weighted by Crippen LogP contribution is 2.54. The molecule has 22 heteroatoms. The second-order valence-electron chi connectivity index (χ2n) is 15.0. The van der Waals surface area contributed by atoms with E-state index in [2.05, 4.69) is 0 Å². The minimum absolute atomic E-state index is 0.276. The average molecular weight is 917 g/mol. The number of phenolic OH excluding ortho intramolecular Hbond substituents is 17. The number of ether oxygens (including phenoxy) is 3. The second-order valence-corrected chi connectivity index (χ2v) is 15.0. The van der Waals surface area contributed by atoms with E-state index in [0.29, 0.717) is 12.1 Å². The molecule has 4 atom stereocenters. The zero-order valence-electron chi connectivity index (χ0n) is 33.2. The van der Waals surface area contributed by atoms with Crippen LogP contribution < -0.4 is 4.74 Å². The van der Waals surface area contributed by atoms with Crippen molar-refractivity contribution in [2.75, 3.05) is 0 Å². The van der Waals surface area contributed by atoms with Crippen LogP contribution in [0.2, 0.25) is 0 Å². The molecule has 344 valence electrons. The third-order valence-corrected chi connectivity index (χ3v) is 10.6. The van der Waals surface area contributed by atoms with Crippen LogP contribution in [0.4, 0.5) is 0 Å². The molecule has 0 bridgehead atoms. The van der Waals surface area contributed by atoms with Gasteiger partial charge in [0.1, 0.15) is 46.7 Å². The fourth-order valence-corrected chi connectivity index (χ4v) is 7.50. The largest absolute Gasteiger partial charge is 0.508 e. The molecule has 17 N–H and O–H groups in total. The summed E-state index contributed by atoms with van der Waals surface area (Å²) in [5.41, 5.74) is -3.16. The molecule has 0 spiro atoms. The van der Waals surface area contributed by atoms with Gasteiger partial charge in [0, 0.05) is 53.3 Å². The van der Waals surface area contributed by atoms with Gasteiger partial charge in [-0.05, 0) is 54.1 Å². The van der Waals surface area contributed by atoms with E-state index in [4.69, 9.17) is 14.2 Å². The zero-order chi connectivity index (χ0) is 48.2. The molecule has 1 aliphatic rings. The molecule has 6 aromatic rings. The van der Waals surface area contributed by atoms with E-state index >= 15 is 0 Å². The van der Waals surface area contributed by atoms with Gasteiger partial charge in [0.2, 0.25) is 0 Å². The second kappa shape index (κ2) is 16.7. The Balaban J connectivity index is 1.48. The Bertz CT molecular complexity index is 2850. The smallest absolute Gasteiger partial charge is 0.338 e. The van der Waals surface area contributed by atoms with Crippen LogP contribution in [0, 0.1) is 0 Å². The lowest BCUT2D eigenvalue weighted by Crippen LogP contribution is -2.36. The van der Waals surface area contributed by atoms with Gasteiger partial charge in [-0.3, -0.25) is 0 Å². The van der Waals surface area contributed by atoms with Gasteiger partial charge in [0.15, 0.2) is 75.1 Å². The Labute approximate surface area is 368 Å². The molecule has 1 aliphatic heterocycles. The number of benzene rings is 6. The average Bonchev–Trinajstić information content (AvgIpc) is 3.24. The summed E-state index contributed by atoms with van der Waals surface area (Å²) in [5, 5.41) is 179. The highest BCUT2D eigenvalue weighted by molar-refractivity contribution is 5.92. The van der Waals surface area contributed by atoms with E-state index in [1.54, 1.807) is 0 Å². The summed E-state index contributed by atoms with van der Waals surface area (Å²) in [6, 6.07) is 8.49. The van der Waals surface area contributed by atoms with Crippen LogP contribution in [0.5, 0.6) is 103 Å². The Kier molecular flexibility index (Phi) is 11.3. The van der Waals surface area contributed by atoms with Crippen LogP contribution in [0.25, 0.3) is 0 Å². The summed E-state index contributed by atoms with van der Waals surface area (Å²) in [4.78, 5) is 27.6. The van der Waals surface area contributed by atoms with Crippen LogP contribution in [0.3, 0.4) is 0 Å². The molecule has 0 fully saturated rings. The maximum atomic E-state index is 14.0. The molecular weight excluding hydrogens is 880 g/mol. The topological polar surface area (TPSA) is 406 Å². The van der Waals surface area contributed by atoms with Crippen molar-refractivity contribution < 1.29 is 111 Å². The van der Waals surface area contributed by atoms with E-state index in [-0.39, 0.29) is 16.7 Å². The van der Waals surface area contributed by atoms with Crippen molar-refractivity contribution in [3.05, 3.63) is 106 Å². The number of phenols is 17. The quantitative estimate of drug-likeness (QED) is 0.0676. The van der Waals surface area contributed by atoms with Crippen LogP contribution in [0.1, 0.15) is 60.6 Å². The van der Waals surface area contributed by atoms with Gasteiger partial charge in [0.05, 0.1) is 17.0 Å². The van der Waals surface area contributed by atoms with Crippen molar-refractivity contribution in [2.24, 2.45) is 0 Å². The summed E-state index contributed by atoms with van der Waals surface area (Å²) in [7, 11) is 0. The van der Waals surface area contributed by atoms with Crippen molar-refractivity contribution in [3.63, 3.8) is 0 Å². The number of carbonyl (C=O) groups excluding carboxylic acids is 2. The fraction of sp³-hybridized carbons (Fsp3) is 0.136. The van der Waals surface area contributed by atoms with Crippen molar-refractivity contribution in [1.29, 1.82) is 0 Å². The number of hydrogen-bond acceptors (Lipinski definition) is 22. The van der Waals surface area contributed by atoms with E-state index < -0.39 is 175 Å². The van der Waals surface area contributed by atoms with Crippen LogP contribution in [0.15, 0.2) is 66.7 Å².